The minimum absolute atomic E-state index is 0.0146. The normalized spacial score (nSPS) is 34.3. The average molecular weight is 537 g/mol. The van der Waals surface area contributed by atoms with Gasteiger partial charge < -0.3 is 18.7 Å². The highest BCUT2D eigenvalue weighted by atomic mass is 28.4. The van der Waals surface area contributed by atoms with Crippen LogP contribution in [0.2, 0.25) is 36.3 Å². The van der Waals surface area contributed by atoms with Gasteiger partial charge in [0.1, 0.15) is 0 Å². The lowest BCUT2D eigenvalue weighted by Gasteiger charge is -2.45. The zero-order valence-corrected chi connectivity index (χ0v) is 27.2. The first-order valence-corrected chi connectivity index (χ1v) is 20.3. The monoisotopic (exact) mass is 536 g/mol. The molecule has 0 saturated carbocycles. The van der Waals surface area contributed by atoms with Crippen molar-refractivity contribution in [1.29, 1.82) is 0 Å². The van der Waals surface area contributed by atoms with Crippen LogP contribution in [-0.4, -0.2) is 52.8 Å². The molecule has 1 aliphatic heterocycles. The van der Waals surface area contributed by atoms with Crippen LogP contribution in [0.1, 0.15) is 80.6 Å². The highest BCUT2D eigenvalue weighted by Gasteiger charge is 2.44. The molecule has 2 aliphatic carbocycles. The van der Waals surface area contributed by atoms with Gasteiger partial charge >= 0.3 is 0 Å². The summed E-state index contributed by atoms with van der Waals surface area (Å²) < 4.78 is 19.7. The fourth-order valence-corrected chi connectivity index (χ4v) is 8.31. The number of aliphatic hydroxyl groups is 1. The summed E-state index contributed by atoms with van der Waals surface area (Å²) in [7, 11) is -3.66. The van der Waals surface area contributed by atoms with Crippen molar-refractivity contribution in [1.82, 2.24) is 0 Å². The molecule has 0 aromatic carbocycles. The molecule has 0 aromatic heterocycles. The molecular formula is C30H56O4Si2. The molecular weight excluding hydrogens is 480 g/mol. The maximum absolute atomic E-state index is 11.4. The van der Waals surface area contributed by atoms with Gasteiger partial charge in [-0.15, -0.1) is 0 Å². The van der Waals surface area contributed by atoms with E-state index in [0.29, 0.717) is 24.4 Å². The van der Waals surface area contributed by atoms with Gasteiger partial charge in [0, 0.05) is 25.0 Å². The van der Waals surface area contributed by atoms with Gasteiger partial charge in [-0.05, 0) is 79.4 Å². The predicted molar refractivity (Wildman–Crippen MR) is 156 cm³/mol. The fourth-order valence-electron chi connectivity index (χ4n) is 5.64. The van der Waals surface area contributed by atoms with E-state index in [0.717, 1.165) is 32.3 Å². The van der Waals surface area contributed by atoms with Crippen molar-refractivity contribution in [2.45, 2.75) is 141 Å². The summed E-state index contributed by atoms with van der Waals surface area (Å²) >= 11 is 0. The second-order valence-corrected chi connectivity index (χ2v) is 24.4. The Hall–Kier alpha value is -0.246. The van der Waals surface area contributed by atoms with Crippen LogP contribution in [-0.2, 0) is 13.6 Å². The van der Waals surface area contributed by atoms with E-state index in [1.807, 2.05) is 0 Å². The Labute approximate surface area is 224 Å². The Bertz CT molecular complexity index is 805. The molecule has 1 saturated heterocycles. The molecule has 0 bridgehead atoms. The Morgan fingerprint density at radius 1 is 0.944 bits per heavy atom. The molecule has 0 radical (unpaired) electrons. The topological polar surface area (TPSA) is 47.9 Å². The van der Waals surface area contributed by atoms with Crippen molar-refractivity contribution in [3.63, 3.8) is 0 Å². The third-order valence-corrected chi connectivity index (χ3v) is 19.1. The van der Waals surface area contributed by atoms with Crippen molar-refractivity contribution in [2.24, 2.45) is 17.8 Å². The third-order valence-electron chi connectivity index (χ3n) is 10.0. The first kappa shape index (κ1) is 30.3. The van der Waals surface area contributed by atoms with Crippen molar-refractivity contribution in [2.75, 3.05) is 6.61 Å². The van der Waals surface area contributed by atoms with E-state index in [4.69, 9.17) is 13.6 Å². The van der Waals surface area contributed by atoms with E-state index >= 15 is 0 Å². The summed E-state index contributed by atoms with van der Waals surface area (Å²) in [5, 5.41) is 11.8. The lowest BCUT2D eigenvalue weighted by molar-refractivity contribution is -0.0478. The number of allylic oxidation sites excluding steroid dienone is 2. The molecule has 3 aliphatic rings. The second-order valence-electron chi connectivity index (χ2n) is 14.9. The highest BCUT2D eigenvalue weighted by molar-refractivity contribution is 6.74. The van der Waals surface area contributed by atoms with Crippen LogP contribution in [0.5, 0.6) is 0 Å². The lowest BCUT2D eigenvalue weighted by atomic mass is 9.66. The minimum atomic E-state index is -1.89. The van der Waals surface area contributed by atoms with Gasteiger partial charge in [0.25, 0.3) is 0 Å². The van der Waals surface area contributed by atoms with E-state index in [2.05, 4.69) is 92.9 Å². The molecule has 1 N–H and O–H groups in total. The van der Waals surface area contributed by atoms with Crippen LogP contribution in [0.25, 0.3) is 0 Å². The largest absolute Gasteiger partial charge is 0.414 e. The molecule has 3 rings (SSSR count). The number of ether oxygens (including phenoxy) is 1. The number of aliphatic hydroxyl groups excluding tert-OH is 1. The maximum atomic E-state index is 11.4. The predicted octanol–water partition coefficient (Wildman–Crippen LogP) is 7.86. The number of rotatable bonds is 7. The quantitative estimate of drug-likeness (QED) is 0.336. The van der Waals surface area contributed by atoms with E-state index in [1.165, 1.54) is 5.57 Å². The van der Waals surface area contributed by atoms with Gasteiger partial charge in [0.2, 0.25) is 0 Å². The van der Waals surface area contributed by atoms with E-state index in [9.17, 15) is 5.11 Å². The first-order chi connectivity index (χ1) is 16.4. The molecule has 1 fully saturated rings. The number of fused-ring (bicyclic) bond motifs is 1. The summed E-state index contributed by atoms with van der Waals surface area (Å²) in [6, 6.07) is 0. The third kappa shape index (κ3) is 7.03. The Kier molecular flexibility index (Phi) is 9.33. The summed E-state index contributed by atoms with van der Waals surface area (Å²) in [4.78, 5) is 0. The van der Waals surface area contributed by atoms with Crippen LogP contribution < -0.4 is 0 Å². The summed E-state index contributed by atoms with van der Waals surface area (Å²) in [5.41, 5.74) is 1.28. The van der Waals surface area contributed by atoms with Crippen LogP contribution in [0, 0.1) is 17.8 Å². The van der Waals surface area contributed by atoms with E-state index < -0.39 is 16.6 Å². The van der Waals surface area contributed by atoms with Gasteiger partial charge in [-0.2, -0.15) is 0 Å². The zero-order chi connectivity index (χ0) is 27.1. The SMILES string of the molecule is C[C@H]1C=CC2=C[C@@H](O[Si](C)(C)C(C)(C)C)C[C@H](O)[C@@H]2[C@H]1CC[C@@H]1C[C@H](O[Si](C)(C)C(C)(C)C)CCO1. The number of hydrogen-bond donors (Lipinski definition) is 1. The lowest BCUT2D eigenvalue weighted by Crippen LogP contribution is -2.47. The average Bonchev–Trinajstić information content (AvgIpc) is 2.71. The van der Waals surface area contributed by atoms with Crippen LogP contribution in [0.15, 0.2) is 23.8 Å². The van der Waals surface area contributed by atoms with E-state index in [-0.39, 0.29) is 34.3 Å². The van der Waals surface area contributed by atoms with Crippen LogP contribution in [0.4, 0.5) is 0 Å². The smallest absolute Gasteiger partial charge is 0.192 e. The summed E-state index contributed by atoms with van der Waals surface area (Å²) in [5.74, 6) is 1.10. The maximum Gasteiger partial charge on any atom is 0.192 e. The van der Waals surface area contributed by atoms with Crippen molar-refractivity contribution >= 4 is 16.6 Å². The van der Waals surface area contributed by atoms with Crippen LogP contribution >= 0.6 is 0 Å². The standard InChI is InChI=1S/C30H56O4Si2/c1-21-12-13-22-18-25(34-36(10,11)30(5,6)7)20-27(31)28(22)26(21)15-14-23-19-24(16-17-32-23)33-35(8,9)29(2,3)4/h12-13,18,21,23-28,31H,14-17,19-20H2,1-11H3/t21-,23+,24+,25+,26-,27-,28-/m0/s1. The summed E-state index contributed by atoms with van der Waals surface area (Å²) in [6.45, 7) is 26.2. The molecule has 4 nitrogen and oxygen atoms in total. The van der Waals surface area contributed by atoms with Gasteiger partial charge in [-0.1, -0.05) is 66.7 Å². The molecule has 0 unspecified atom stereocenters. The molecule has 0 spiro atoms. The molecule has 0 amide bonds. The Morgan fingerprint density at radius 3 is 2.17 bits per heavy atom. The minimum Gasteiger partial charge on any atom is -0.414 e. The van der Waals surface area contributed by atoms with Crippen molar-refractivity contribution < 1.29 is 18.7 Å². The molecule has 36 heavy (non-hydrogen) atoms. The Balaban J connectivity index is 1.64. The van der Waals surface area contributed by atoms with Crippen LogP contribution in [0.3, 0.4) is 0 Å². The van der Waals surface area contributed by atoms with Gasteiger partial charge in [0.15, 0.2) is 16.6 Å². The molecule has 1 heterocycles. The van der Waals surface area contributed by atoms with Gasteiger partial charge in [-0.25, -0.2) is 0 Å². The zero-order valence-electron chi connectivity index (χ0n) is 25.2. The van der Waals surface area contributed by atoms with Gasteiger partial charge in [0.05, 0.1) is 18.3 Å². The molecule has 6 heteroatoms. The van der Waals surface area contributed by atoms with E-state index in [1.54, 1.807) is 0 Å². The number of hydrogen-bond acceptors (Lipinski definition) is 4. The van der Waals surface area contributed by atoms with Gasteiger partial charge in [-0.3, -0.25) is 0 Å². The first-order valence-electron chi connectivity index (χ1n) is 14.5. The summed E-state index contributed by atoms with van der Waals surface area (Å²) in [6.07, 6.45) is 12.0. The molecule has 208 valence electrons. The van der Waals surface area contributed by atoms with Crippen molar-refractivity contribution in [3.05, 3.63) is 23.8 Å². The van der Waals surface area contributed by atoms with Crippen molar-refractivity contribution in [3.8, 4) is 0 Å². The highest BCUT2D eigenvalue weighted by Crippen LogP contribution is 2.45. The fraction of sp³-hybridized carbons (Fsp3) is 0.867. The Morgan fingerprint density at radius 2 is 1.56 bits per heavy atom. The second kappa shape index (κ2) is 11.1. The molecule has 0 aromatic rings. The molecule has 7 atom stereocenters.